The van der Waals surface area contributed by atoms with Gasteiger partial charge in [0.25, 0.3) is 0 Å². The number of unbranched alkanes of at least 4 members (excludes halogenated alkanes) is 24. The Kier molecular flexibility index (Phi) is 42.5. The highest BCUT2D eigenvalue weighted by Gasteiger charge is 2.59. The number of ether oxygens (including phenoxy) is 6. The van der Waals surface area contributed by atoms with Gasteiger partial charge in [0.15, 0.2) is 6.10 Å². The number of hydrogen-bond donors (Lipinski definition) is 0. The molecule has 0 N–H and O–H groups in total. The number of phosphoric ester groups is 2. The van der Waals surface area contributed by atoms with Crippen LogP contribution in [0.15, 0.2) is 212 Å². The number of phosphoric acid groups is 2. The number of benzene rings is 7. The van der Waals surface area contributed by atoms with E-state index in [1.807, 2.05) is 212 Å². The van der Waals surface area contributed by atoms with E-state index in [4.69, 9.17) is 55.6 Å². The minimum atomic E-state index is -5.10. The van der Waals surface area contributed by atoms with Crippen LogP contribution < -0.4 is 0 Å². The van der Waals surface area contributed by atoms with Crippen molar-refractivity contribution in [2.75, 3.05) is 13.2 Å². The first-order valence-corrected chi connectivity index (χ1v) is 43.2. The zero-order valence-corrected chi connectivity index (χ0v) is 66.1. The highest BCUT2D eigenvalue weighted by Crippen LogP contribution is 2.58. The van der Waals surface area contributed by atoms with Crippen molar-refractivity contribution < 1.29 is 74.3 Å². The molecule has 1 aliphatic carbocycles. The molecule has 0 saturated heterocycles. The Morgan fingerprint density at radius 1 is 0.278 bits per heavy atom. The molecule has 0 aromatic heterocycles. The molecule has 1 aliphatic rings. The fraction of sp³-hybridized carbons (Fsp3) is 0.511. The molecule has 108 heavy (non-hydrogen) atoms. The van der Waals surface area contributed by atoms with E-state index in [2.05, 4.69) is 13.8 Å². The molecule has 7 aromatic carbocycles. The molecule has 8 rings (SSSR count). The number of carbonyl (C=O) groups is 2. The van der Waals surface area contributed by atoms with E-state index in [1.165, 1.54) is 109 Å². The maximum atomic E-state index is 16.7. The van der Waals surface area contributed by atoms with Crippen LogP contribution in [0.25, 0.3) is 0 Å². The molecule has 0 heterocycles. The third-order valence-electron chi connectivity index (χ3n) is 19.4. The van der Waals surface area contributed by atoms with Crippen molar-refractivity contribution in [3.8, 4) is 0 Å². The Morgan fingerprint density at radius 3 is 0.796 bits per heavy atom. The number of rotatable bonds is 59. The summed E-state index contributed by atoms with van der Waals surface area (Å²) in [5.74, 6) is -0.978. The lowest BCUT2D eigenvalue weighted by atomic mass is 9.84. The van der Waals surface area contributed by atoms with Crippen LogP contribution in [0.4, 0.5) is 0 Å². The number of carbonyl (C=O) groups excluding carboxylic acids is 2. The third kappa shape index (κ3) is 34.8. The second-order valence-corrected chi connectivity index (χ2v) is 31.7. The summed E-state index contributed by atoms with van der Waals surface area (Å²) in [6.45, 7) is 2.65. The second kappa shape index (κ2) is 52.7. The molecular formula is C90H122O16P2. The van der Waals surface area contributed by atoms with Crippen molar-refractivity contribution in [1.82, 2.24) is 0 Å². The van der Waals surface area contributed by atoms with E-state index < -0.39 is 83.5 Å². The molecule has 0 spiro atoms. The molecule has 1 fully saturated rings. The molecule has 588 valence electrons. The lowest BCUT2D eigenvalue weighted by molar-refractivity contribution is -0.268. The lowest BCUT2D eigenvalue weighted by Gasteiger charge is -2.50. The minimum absolute atomic E-state index is 0.00729. The van der Waals surface area contributed by atoms with E-state index in [0.29, 0.717) is 29.5 Å². The molecule has 7 aromatic rings. The van der Waals surface area contributed by atoms with E-state index >= 15 is 9.13 Å². The quantitative estimate of drug-likeness (QED) is 0.0199. The van der Waals surface area contributed by atoms with Crippen LogP contribution in [0.2, 0.25) is 0 Å². The van der Waals surface area contributed by atoms with E-state index in [0.717, 1.165) is 67.2 Å². The second-order valence-electron chi connectivity index (χ2n) is 28.4. The average molecular weight is 1520 g/mol. The maximum absolute atomic E-state index is 16.7. The highest BCUT2D eigenvalue weighted by molar-refractivity contribution is 7.48. The van der Waals surface area contributed by atoms with Crippen LogP contribution in [0, 0.1) is 0 Å². The maximum Gasteiger partial charge on any atom is 0.475 e. The van der Waals surface area contributed by atoms with Gasteiger partial charge in [0.1, 0.15) is 43.2 Å². The Bertz CT molecular complexity index is 3480. The summed E-state index contributed by atoms with van der Waals surface area (Å²) in [5, 5.41) is 0. The summed E-state index contributed by atoms with van der Waals surface area (Å²) in [6.07, 6.45) is 20.5. The Hall–Kier alpha value is -6.46. The largest absolute Gasteiger partial charge is 0.475 e. The Balaban J connectivity index is 1.14. The molecule has 1 unspecified atom stereocenters. The minimum Gasteiger partial charge on any atom is -0.462 e. The monoisotopic (exact) mass is 1520 g/mol. The van der Waals surface area contributed by atoms with Gasteiger partial charge in [-0.25, -0.2) is 9.13 Å². The van der Waals surface area contributed by atoms with E-state index in [9.17, 15) is 9.59 Å². The number of esters is 2. The van der Waals surface area contributed by atoms with Gasteiger partial charge in [0, 0.05) is 12.8 Å². The Morgan fingerprint density at radius 2 is 0.509 bits per heavy atom. The molecule has 0 amide bonds. The van der Waals surface area contributed by atoms with Crippen molar-refractivity contribution in [2.45, 2.75) is 283 Å². The van der Waals surface area contributed by atoms with Crippen LogP contribution in [-0.2, 0) is 121 Å². The fourth-order valence-corrected chi connectivity index (χ4v) is 16.0. The average Bonchev–Trinajstić information content (AvgIpc) is 0.752. The summed E-state index contributed by atoms with van der Waals surface area (Å²) in [4.78, 5) is 27.9. The molecule has 16 nitrogen and oxygen atoms in total. The van der Waals surface area contributed by atoms with Crippen molar-refractivity contribution in [2.24, 2.45) is 0 Å². The molecule has 0 radical (unpaired) electrons. The van der Waals surface area contributed by atoms with Gasteiger partial charge in [-0.1, -0.05) is 380 Å². The van der Waals surface area contributed by atoms with Crippen LogP contribution >= 0.6 is 15.6 Å². The predicted octanol–water partition coefficient (Wildman–Crippen LogP) is 23.4. The fourth-order valence-electron chi connectivity index (χ4n) is 13.2. The van der Waals surface area contributed by atoms with E-state index in [1.54, 1.807) is 0 Å². The molecule has 1 saturated carbocycles. The lowest BCUT2D eigenvalue weighted by Crippen LogP contribution is -2.67. The standard InChI is InChI=1S/C90H122O16P2/c1-3-5-7-9-11-13-15-17-19-21-23-25-48-64-83(91)95-73-82(104-84(92)65-49-26-24-22-20-18-16-14-12-10-8-6-4-2)74-103-108(94,102-72-81-62-46-33-47-63-81)106-90-87(98-68-77-54-38-29-39-55-77)85(96-66-75-50-34-27-35-51-75)86(97-67-76-52-36-28-37-53-76)89(88(90)99-69-78-56-40-30-41-57-78)105-107(93,100-70-79-58-42-31-43-59-79)101-71-80-60-44-32-45-61-80/h27-47,50-63,82,85-90H,3-26,48-49,64-74H2,1-2H3/t82-,85-,86-,87-,88-,89+,90-,108?/m1/s1. The van der Waals surface area contributed by atoms with Gasteiger partial charge in [-0.3, -0.25) is 36.7 Å². The van der Waals surface area contributed by atoms with Crippen molar-refractivity contribution in [1.29, 1.82) is 0 Å². The van der Waals surface area contributed by atoms with E-state index in [-0.39, 0.29) is 59.1 Å². The predicted molar refractivity (Wildman–Crippen MR) is 426 cm³/mol. The van der Waals surface area contributed by atoms with Gasteiger partial charge in [0.2, 0.25) is 0 Å². The summed E-state index contributed by atoms with van der Waals surface area (Å²) >= 11 is 0. The van der Waals surface area contributed by atoms with Crippen LogP contribution in [0.3, 0.4) is 0 Å². The highest BCUT2D eigenvalue weighted by atomic mass is 31.2. The SMILES string of the molecule is CCCCCCCCCCCCCCCC(=O)OC[C@H](COP(=O)(OCc1ccccc1)O[C@H]1[C@H](OCc2ccccc2)[C@@H](OP(=O)(OCc2ccccc2)OCc2ccccc2)[C@H](OCc2ccccc2)[C@@H](OCc2ccccc2)[C@H]1OCc1ccccc1)OC(=O)CCCCCCCCCCCCCCC. The normalized spacial score (nSPS) is 17.4. The molecule has 8 atom stereocenters. The number of hydrogen-bond acceptors (Lipinski definition) is 16. The van der Waals surface area contributed by atoms with Gasteiger partial charge in [0.05, 0.1) is 52.9 Å². The van der Waals surface area contributed by atoms with Gasteiger partial charge in [-0.05, 0) is 51.8 Å². The molecule has 18 heteroatoms. The van der Waals surface area contributed by atoms with Crippen LogP contribution in [0.5, 0.6) is 0 Å². The van der Waals surface area contributed by atoms with Gasteiger partial charge < -0.3 is 28.4 Å². The van der Waals surface area contributed by atoms with Crippen molar-refractivity contribution >= 4 is 27.6 Å². The third-order valence-corrected chi connectivity index (χ3v) is 22.2. The summed E-state index contributed by atoms with van der Waals surface area (Å²) in [7, 11) is -9.94. The molecule has 0 bridgehead atoms. The van der Waals surface area contributed by atoms with Gasteiger partial charge in [-0.15, -0.1) is 0 Å². The Labute approximate surface area is 645 Å². The van der Waals surface area contributed by atoms with Gasteiger partial charge in [-0.2, -0.15) is 0 Å². The summed E-state index contributed by atoms with van der Waals surface area (Å²) in [6, 6.07) is 65.9. The topological polar surface area (TPSA) is 179 Å². The zero-order chi connectivity index (χ0) is 75.6. The van der Waals surface area contributed by atoms with Crippen LogP contribution in [-0.4, -0.2) is 67.9 Å². The van der Waals surface area contributed by atoms with Crippen molar-refractivity contribution in [3.63, 3.8) is 0 Å². The zero-order valence-electron chi connectivity index (χ0n) is 64.3. The van der Waals surface area contributed by atoms with Crippen LogP contribution in [0.1, 0.15) is 233 Å². The molecular weight excluding hydrogens is 1400 g/mol. The first-order chi connectivity index (χ1) is 53.1. The van der Waals surface area contributed by atoms with Gasteiger partial charge >= 0.3 is 27.6 Å². The smallest absolute Gasteiger partial charge is 0.462 e. The molecule has 0 aliphatic heterocycles. The summed E-state index contributed by atoms with van der Waals surface area (Å²) in [5.41, 5.74) is 5.09. The van der Waals surface area contributed by atoms with Crippen molar-refractivity contribution in [3.05, 3.63) is 251 Å². The first kappa shape index (κ1) is 87.1. The first-order valence-electron chi connectivity index (χ1n) is 40.3. The summed E-state index contributed by atoms with van der Waals surface area (Å²) < 4.78 is 114.